The number of guanidine groups is 1. The lowest BCUT2D eigenvalue weighted by molar-refractivity contribution is 0.415. The van der Waals surface area contributed by atoms with E-state index in [1.807, 2.05) is 12.1 Å². The van der Waals surface area contributed by atoms with Crippen LogP contribution in [0.5, 0.6) is 5.75 Å². The molecule has 0 amide bonds. The van der Waals surface area contributed by atoms with Crippen molar-refractivity contribution in [3.8, 4) is 5.75 Å². The van der Waals surface area contributed by atoms with Crippen LogP contribution >= 0.6 is 0 Å². The zero-order valence-corrected chi connectivity index (χ0v) is 12.1. The van der Waals surface area contributed by atoms with Crippen molar-refractivity contribution in [3.05, 3.63) is 59.7 Å². The Bertz CT molecular complexity index is 637. The molecule has 0 fully saturated rings. The molecule has 0 radical (unpaired) electrons. The zero-order valence-electron chi connectivity index (χ0n) is 12.1. The molecule has 2 aromatic carbocycles. The largest absolute Gasteiger partial charge is 0.497 e. The molecule has 0 unspecified atom stereocenters. The Morgan fingerprint density at radius 2 is 1.77 bits per heavy atom. The van der Waals surface area contributed by atoms with E-state index >= 15 is 0 Å². The summed E-state index contributed by atoms with van der Waals surface area (Å²) in [7, 11) is 1.59. The SMILES string of the molecule is COc1ccc(NC(N)=NCCc2cc(F)cc(F)c2)cc1. The standard InChI is InChI=1S/C16H17F2N3O/c1-22-15-4-2-14(3-5-15)21-16(19)20-7-6-11-8-12(17)10-13(18)9-11/h2-5,8-10H,6-7H2,1H3,(H3,19,20,21). The van der Waals surface area contributed by atoms with Gasteiger partial charge in [0.2, 0.25) is 0 Å². The van der Waals surface area contributed by atoms with Gasteiger partial charge in [0.25, 0.3) is 0 Å². The molecule has 0 saturated carbocycles. The summed E-state index contributed by atoms with van der Waals surface area (Å²) in [5.74, 6) is -0.206. The summed E-state index contributed by atoms with van der Waals surface area (Å²) in [6.45, 7) is 0.331. The summed E-state index contributed by atoms with van der Waals surface area (Å²) < 4.78 is 31.1. The minimum atomic E-state index is -0.594. The third kappa shape index (κ3) is 4.73. The monoisotopic (exact) mass is 305 g/mol. The smallest absolute Gasteiger partial charge is 0.193 e. The maximum atomic E-state index is 13.0. The van der Waals surface area contributed by atoms with Gasteiger partial charge in [0.15, 0.2) is 5.96 Å². The van der Waals surface area contributed by atoms with Crippen LogP contribution < -0.4 is 15.8 Å². The first-order valence-electron chi connectivity index (χ1n) is 6.73. The van der Waals surface area contributed by atoms with Gasteiger partial charge in [0, 0.05) is 18.3 Å². The molecular weight excluding hydrogens is 288 g/mol. The van der Waals surface area contributed by atoms with Gasteiger partial charge in [0.05, 0.1) is 7.11 Å². The van der Waals surface area contributed by atoms with E-state index < -0.39 is 11.6 Å². The van der Waals surface area contributed by atoms with Crippen molar-refractivity contribution >= 4 is 11.6 Å². The fourth-order valence-corrected chi connectivity index (χ4v) is 1.92. The molecule has 6 heteroatoms. The van der Waals surface area contributed by atoms with Crippen molar-refractivity contribution < 1.29 is 13.5 Å². The van der Waals surface area contributed by atoms with E-state index in [4.69, 9.17) is 10.5 Å². The molecule has 0 aliphatic heterocycles. The van der Waals surface area contributed by atoms with E-state index in [1.54, 1.807) is 19.2 Å². The average molecular weight is 305 g/mol. The first-order valence-corrected chi connectivity index (χ1v) is 6.73. The van der Waals surface area contributed by atoms with Gasteiger partial charge in [-0.3, -0.25) is 4.99 Å². The Labute approximate surface area is 127 Å². The second-order valence-electron chi connectivity index (χ2n) is 4.65. The zero-order chi connectivity index (χ0) is 15.9. The number of nitrogens with zero attached hydrogens (tertiary/aromatic N) is 1. The number of anilines is 1. The fraction of sp³-hybridized carbons (Fsp3) is 0.188. The fourth-order valence-electron chi connectivity index (χ4n) is 1.92. The Hall–Kier alpha value is -2.63. The van der Waals surface area contributed by atoms with Crippen molar-refractivity contribution in [2.45, 2.75) is 6.42 Å². The van der Waals surface area contributed by atoms with Crippen LogP contribution in [0, 0.1) is 11.6 Å². The molecule has 0 aromatic heterocycles. The molecule has 0 saturated heterocycles. The van der Waals surface area contributed by atoms with Crippen LogP contribution in [-0.2, 0) is 6.42 Å². The predicted octanol–water partition coefficient (Wildman–Crippen LogP) is 2.94. The number of rotatable bonds is 5. The Kier molecular flexibility index (Phi) is 5.30. The normalized spacial score (nSPS) is 11.3. The molecule has 22 heavy (non-hydrogen) atoms. The van der Waals surface area contributed by atoms with Crippen molar-refractivity contribution in [1.82, 2.24) is 0 Å². The van der Waals surface area contributed by atoms with Crippen LogP contribution in [0.3, 0.4) is 0 Å². The highest BCUT2D eigenvalue weighted by Crippen LogP contribution is 2.14. The molecule has 2 rings (SSSR count). The van der Waals surface area contributed by atoms with Crippen molar-refractivity contribution in [1.29, 1.82) is 0 Å². The summed E-state index contributed by atoms with van der Waals surface area (Å²) in [4.78, 5) is 4.12. The lowest BCUT2D eigenvalue weighted by atomic mass is 10.1. The van der Waals surface area contributed by atoms with E-state index in [9.17, 15) is 8.78 Å². The minimum absolute atomic E-state index is 0.238. The first-order chi connectivity index (χ1) is 10.6. The van der Waals surface area contributed by atoms with Crippen LogP contribution in [0.25, 0.3) is 0 Å². The molecule has 116 valence electrons. The number of ether oxygens (including phenoxy) is 1. The van der Waals surface area contributed by atoms with Crippen molar-refractivity contribution in [3.63, 3.8) is 0 Å². The topological polar surface area (TPSA) is 59.6 Å². The lowest BCUT2D eigenvalue weighted by Gasteiger charge is -2.07. The van der Waals surface area contributed by atoms with Crippen LogP contribution in [0.2, 0.25) is 0 Å². The minimum Gasteiger partial charge on any atom is -0.497 e. The van der Waals surface area contributed by atoms with Gasteiger partial charge >= 0.3 is 0 Å². The van der Waals surface area contributed by atoms with E-state index in [1.165, 1.54) is 12.1 Å². The van der Waals surface area contributed by atoms with Crippen molar-refractivity contribution in [2.75, 3.05) is 19.0 Å². The molecule has 4 nitrogen and oxygen atoms in total. The molecule has 0 aliphatic rings. The van der Waals surface area contributed by atoms with Gasteiger partial charge in [-0.25, -0.2) is 8.78 Å². The Morgan fingerprint density at radius 1 is 1.14 bits per heavy atom. The molecule has 0 heterocycles. The second kappa shape index (κ2) is 7.40. The number of hydrogen-bond donors (Lipinski definition) is 2. The molecule has 0 bridgehead atoms. The van der Waals surface area contributed by atoms with Crippen molar-refractivity contribution in [2.24, 2.45) is 10.7 Å². The Balaban J connectivity index is 1.89. The highest BCUT2D eigenvalue weighted by atomic mass is 19.1. The summed E-state index contributed by atoms with van der Waals surface area (Å²) in [6.07, 6.45) is 0.402. The number of benzene rings is 2. The maximum absolute atomic E-state index is 13.0. The summed E-state index contributed by atoms with van der Waals surface area (Å²) >= 11 is 0. The van der Waals surface area contributed by atoms with Crippen LogP contribution in [0.4, 0.5) is 14.5 Å². The van der Waals surface area contributed by atoms with Crippen LogP contribution in [-0.4, -0.2) is 19.6 Å². The summed E-state index contributed by atoms with van der Waals surface area (Å²) in [6, 6.07) is 10.6. The van der Waals surface area contributed by atoms with E-state index in [0.29, 0.717) is 18.5 Å². The predicted molar refractivity (Wildman–Crippen MR) is 83.2 cm³/mol. The number of hydrogen-bond acceptors (Lipinski definition) is 2. The van der Waals surface area contributed by atoms with Gasteiger partial charge in [-0.15, -0.1) is 0 Å². The molecular formula is C16H17F2N3O. The second-order valence-corrected chi connectivity index (χ2v) is 4.65. The molecule has 0 atom stereocenters. The average Bonchev–Trinajstić information content (AvgIpc) is 2.47. The molecule has 3 N–H and O–H groups in total. The number of nitrogens with two attached hydrogens (primary N) is 1. The van der Waals surface area contributed by atoms with Gasteiger partial charge in [-0.2, -0.15) is 0 Å². The lowest BCUT2D eigenvalue weighted by Crippen LogP contribution is -2.23. The van der Waals surface area contributed by atoms with Gasteiger partial charge in [0.1, 0.15) is 17.4 Å². The highest BCUT2D eigenvalue weighted by molar-refractivity contribution is 5.92. The van der Waals surface area contributed by atoms with Crippen LogP contribution in [0.15, 0.2) is 47.5 Å². The summed E-state index contributed by atoms with van der Waals surface area (Å²) in [5.41, 5.74) is 7.08. The van der Waals surface area contributed by atoms with E-state index in [-0.39, 0.29) is 5.96 Å². The van der Waals surface area contributed by atoms with E-state index in [2.05, 4.69) is 10.3 Å². The highest BCUT2D eigenvalue weighted by Gasteiger charge is 2.01. The number of methoxy groups -OCH3 is 1. The molecule has 0 spiro atoms. The number of aliphatic imine (C=N–C) groups is 1. The van der Waals surface area contributed by atoms with E-state index in [0.717, 1.165) is 17.5 Å². The molecule has 0 aliphatic carbocycles. The van der Waals surface area contributed by atoms with Crippen LogP contribution in [0.1, 0.15) is 5.56 Å². The third-order valence-electron chi connectivity index (χ3n) is 2.97. The Morgan fingerprint density at radius 3 is 2.36 bits per heavy atom. The van der Waals surface area contributed by atoms with Gasteiger partial charge < -0.3 is 15.8 Å². The maximum Gasteiger partial charge on any atom is 0.193 e. The third-order valence-corrected chi connectivity index (χ3v) is 2.97. The molecule has 2 aromatic rings. The van der Waals surface area contributed by atoms with Gasteiger partial charge in [-0.1, -0.05) is 0 Å². The number of halogens is 2. The number of nitrogens with one attached hydrogen (secondary N) is 1. The summed E-state index contributed by atoms with van der Waals surface area (Å²) in [5, 5.41) is 2.93. The quantitative estimate of drug-likeness (QED) is 0.659. The van der Waals surface area contributed by atoms with Gasteiger partial charge in [-0.05, 0) is 48.4 Å². The first kappa shape index (κ1) is 15.8.